The SMILES string of the molecule is NC(=O)C[C@@H]1NC(=O)[C@H](CO)NC(=O)[C@H](CO)NC(=O)[C@H](CC(=O)O)NC(=O)[C@H](CCCN=C(N)N)NC(=O)[C@H](CO)NC1=O. The normalized spacial score (nSPS) is 25.6. The van der Waals surface area contributed by atoms with Gasteiger partial charge in [-0.2, -0.15) is 0 Å². The number of amides is 7. The van der Waals surface area contributed by atoms with Gasteiger partial charge in [0.2, 0.25) is 41.4 Å². The number of hydrogen-bond donors (Lipinski definition) is 13. The third-order valence-corrected chi connectivity index (χ3v) is 6.07. The van der Waals surface area contributed by atoms with Crippen molar-refractivity contribution in [1.29, 1.82) is 0 Å². The molecule has 7 amide bonds. The van der Waals surface area contributed by atoms with E-state index in [1.54, 1.807) is 0 Å². The Labute approximate surface area is 254 Å². The molecule has 1 saturated heterocycles. The second kappa shape index (κ2) is 18.5. The number of carbonyl (C=O) groups is 8. The van der Waals surface area contributed by atoms with Crippen LogP contribution in [0.25, 0.3) is 0 Å². The maximum Gasteiger partial charge on any atom is 0.305 e. The average molecular weight is 647 g/mol. The maximum atomic E-state index is 13.2. The fourth-order valence-electron chi connectivity index (χ4n) is 3.78. The summed E-state index contributed by atoms with van der Waals surface area (Å²) in [4.78, 5) is 104. The van der Waals surface area contributed by atoms with Crippen molar-refractivity contribution in [1.82, 2.24) is 31.9 Å². The zero-order chi connectivity index (χ0) is 34.3. The van der Waals surface area contributed by atoms with Gasteiger partial charge in [0.1, 0.15) is 36.3 Å². The summed E-state index contributed by atoms with van der Waals surface area (Å²) in [7, 11) is 0. The minimum Gasteiger partial charge on any atom is -0.481 e. The topological polar surface area (TPSA) is 380 Å². The van der Waals surface area contributed by atoms with Crippen molar-refractivity contribution in [3.8, 4) is 0 Å². The standard InChI is InChI=1S/C23H38N10O12/c24-15(37)4-10-18(41)31-12(6-34)20(43)28-9(2-1-3-27-23(25)26)17(40)30-11(5-16(38)39)19(42)32-14(8-36)22(45)33-13(7-35)21(44)29-10/h9-14,34-36H,1-8H2,(H2,24,37)(H,28,43)(H,29,44)(H,30,40)(H,31,41)(H,32,42)(H,33,45)(H,38,39)(H4,25,26,27)/t9-,10-,11-,12-,13-,14-/m0/s1. The van der Waals surface area contributed by atoms with E-state index in [1.807, 2.05) is 10.6 Å². The van der Waals surface area contributed by atoms with Crippen LogP contribution in [0.3, 0.4) is 0 Å². The molecule has 0 radical (unpaired) electrons. The molecule has 0 saturated carbocycles. The average Bonchev–Trinajstić information content (AvgIpc) is 2.96. The number of nitrogens with zero attached hydrogens (tertiary/aromatic N) is 1. The Hall–Kier alpha value is -5.09. The molecule has 1 aliphatic heterocycles. The van der Waals surface area contributed by atoms with Gasteiger partial charge < -0.3 is 69.5 Å². The maximum absolute atomic E-state index is 13.2. The number of rotatable bonds is 11. The van der Waals surface area contributed by atoms with Crippen LogP contribution < -0.4 is 49.1 Å². The number of aliphatic carboxylic acids is 1. The van der Waals surface area contributed by atoms with Gasteiger partial charge in [-0.1, -0.05) is 0 Å². The lowest BCUT2D eigenvalue weighted by atomic mass is 10.1. The fraction of sp³-hybridized carbons (Fsp3) is 0.609. The van der Waals surface area contributed by atoms with Gasteiger partial charge >= 0.3 is 5.97 Å². The number of nitrogens with two attached hydrogens (primary N) is 3. The summed E-state index contributed by atoms with van der Waals surface area (Å²) in [5.74, 6) is -10.2. The highest BCUT2D eigenvalue weighted by molar-refractivity contribution is 5.99. The van der Waals surface area contributed by atoms with Gasteiger partial charge in [-0.15, -0.1) is 0 Å². The molecule has 16 N–H and O–H groups in total. The van der Waals surface area contributed by atoms with Crippen LogP contribution in [0.1, 0.15) is 25.7 Å². The molecule has 0 spiro atoms. The van der Waals surface area contributed by atoms with Crippen LogP contribution >= 0.6 is 0 Å². The molecule has 1 fully saturated rings. The van der Waals surface area contributed by atoms with E-state index in [4.69, 9.17) is 17.2 Å². The molecule has 1 aliphatic rings. The molecule has 0 bridgehead atoms. The predicted octanol–water partition coefficient (Wildman–Crippen LogP) is -8.71. The van der Waals surface area contributed by atoms with E-state index >= 15 is 0 Å². The molecule has 0 aliphatic carbocycles. The minimum absolute atomic E-state index is 0.0300. The second-order valence-electron chi connectivity index (χ2n) is 9.63. The first-order valence-electron chi connectivity index (χ1n) is 13.3. The van der Waals surface area contributed by atoms with Crippen LogP contribution in [0.15, 0.2) is 4.99 Å². The summed E-state index contributed by atoms with van der Waals surface area (Å²) in [6.07, 6.45) is -2.02. The van der Waals surface area contributed by atoms with Gasteiger partial charge in [-0.3, -0.25) is 43.3 Å². The number of carboxylic acids is 1. The highest BCUT2D eigenvalue weighted by Crippen LogP contribution is 2.05. The van der Waals surface area contributed by atoms with Crippen molar-refractivity contribution in [2.24, 2.45) is 22.2 Å². The first kappa shape index (κ1) is 37.9. The number of carbonyl (C=O) groups excluding carboxylic acids is 7. The van der Waals surface area contributed by atoms with E-state index in [9.17, 15) is 58.8 Å². The molecule has 1 rings (SSSR count). The smallest absolute Gasteiger partial charge is 0.305 e. The Morgan fingerprint density at radius 2 is 0.911 bits per heavy atom. The Bertz CT molecular complexity index is 1160. The molecule has 0 aromatic heterocycles. The van der Waals surface area contributed by atoms with Crippen molar-refractivity contribution >= 4 is 53.3 Å². The number of aliphatic hydroxyl groups excluding tert-OH is 3. The number of aliphatic imine (C=N–C) groups is 1. The lowest BCUT2D eigenvalue weighted by Crippen LogP contribution is -2.63. The second-order valence-corrected chi connectivity index (χ2v) is 9.63. The Balaban J connectivity index is 3.57. The molecule has 252 valence electrons. The van der Waals surface area contributed by atoms with Crippen LogP contribution in [0.4, 0.5) is 0 Å². The quantitative estimate of drug-likeness (QED) is 0.0563. The van der Waals surface area contributed by atoms with E-state index in [1.165, 1.54) is 0 Å². The van der Waals surface area contributed by atoms with E-state index in [0.29, 0.717) is 0 Å². The van der Waals surface area contributed by atoms with Crippen LogP contribution in [0.5, 0.6) is 0 Å². The van der Waals surface area contributed by atoms with Gasteiger partial charge in [0.05, 0.1) is 32.7 Å². The minimum atomic E-state index is -1.87. The number of carboxylic acid groups (broad SMARTS) is 1. The molecular formula is C23H38N10O12. The number of guanidine groups is 1. The Morgan fingerprint density at radius 1 is 0.578 bits per heavy atom. The van der Waals surface area contributed by atoms with Crippen molar-refractivity contribution in [3.63, 3.8) is 0 Å². The van der Waals surface area contributed by atoms with Crippen LogP contribution in [0, 0.1) is 0 Å². The van der Waals surface area contributed by atoms with Crippen molar-refractivity contribution in [3.05, 3.63) is 0 Å². The van der Waals surface area contributed by atoms with Gasteiger partial charge in [0.25, 0.3) is 0 Å². The summed E-state index contributed by atoms with van der Waals surface area (Å²) < 4.78 is 0. The van der Waals surface area contributed by atoms with Crippen LogP contribution in [0.2, 0.25) is 0 Å². The third-order valence-electron chi connectivity index (χ3n) is 6.07. The molecule has 45 heavy (non-hydrogen) atoms. The predicted molar refractivity (Wildman–Crippen MR) is 149 cm³/mol. The monoisotopic (exact) mass is 646 g/mol. The lowest BCUT2D eigenvalue weighted by molar-refractivity contribution is -0.142. The summed E-state index contributed by atoms with van der Waals surface area (Å²) in [6.45, 7) is -3.26. The van der Waals surface area contributed by atoms with E-state index in [2.05, 4.69) is 26.3 Å². The number of nitrogens with one attached hydrogen (secondary N) is 6. The highest BCUT2D eigenvalue weighted by Gasteiger charge is 2.35. The van der Waals surface area contributed by atoms with Crippen LogP contribution in [-0.4, -0.2) is 136 Å². The van der Waals surface area contributed by atoms with Gasteiger partial charge in [-0.05, 0) is 12.8 Å². The first-order valence-corrected chi connectivity index (χ1v) is 13.3. The molecule has 6 atom stereocenters. The fourth-order valence-corrected chi connectivity index (χ4v) is 3.78. The zero-order valence-electron chi connectivity index (χ0n) is 23.9. The van der Waals surface area contributed by atoms with E-state index in [0.717, 1.165) is 0 Å². The molecule has 22 nitrogen and oxygen atoms in total. The number of aliphatic hydroxyl groups is 3. The third kappa shape index (κ3) is 13.0. The first-order chi connectivity index (χ1) is 21.1. The van der Waals surface area contributed by atoms with E-state index in [-0.39, 0.29) is 25.3 Å². The molecular weight excluding hydrogens is 608 g/mol. The number of primary amides is 1. The molecule has 0 unspecified atom stereocenters. The molecule has 22 heteroatoms. The van der Waals surface area contributed by atoms with Gasteiger partial charge in [0, 0.05) is 6.54 Å². The Morgan fingerprint density at radius 3 is 1.27 bits per heavy atom. The summed E-state index contributed by atoms with van der Waals surface area (Å²) in [5.41, 5.74) is 15.7. The molecule has 0 aromatic carbocycles. The Kier molecular flexibility index (Phi) is 15.6. The zero-order valence-corrected chi connectivity index (χ0v) is 23.9. The largest absolute Gasteiger partial charge is 0.481 e. The van der Waals surface area contributed by atoms with Gasteiger partial charge in [0.15, 0.2) is 5.96 Å². The van der Waals surface area contributed by atoms with Crippen molar-refractivity contribution in [2.45, 2.75) is 61.9 Å². The van der Waals surface area contributed by atoms with E-state index < -0.39 is 116 Å². The van der Waals surface area contributed by atoms with Crippen molar-refractivity contribution < 1.29 is 58.8 Å². The molecule has 0 aromatic rings. The van der Waals surface area contributed by atoms with Crippen molar-refractivity contribution in [2.75, 3.05) is 26.4 Å². The highest BCUT2D eigenvalue weighted by atomic mass is 16.4. The number of hydrogen-bond acceptors (Lipinski definition) is 12. The lowest BCUT2D eigenvalue weighted by Gasteiger charge is -2.27. The summed E-state index contributed by atoms with van der Waals surface area (Å²) in [6, 6.07) is -10.6. The van der Waals surface area contributed by atoms with Gasteiger partial charge in [-0.25, -0.2) is 0 Å². The van der Waals surface area contributed by atoms with Crippen LogP contribution in [-0.2, 0) is 38.4 Å². The molecule has 1 heterocycles. The summed E-state index contributed by atoms with van der Waals surface area (Å²) >= 11 is 0. The summed E-state index contributed by atoms with van der Waals surface area (Å²) in [5, 5.41) is 51.0.